The quantitative estimate of drug-likeness (QED) is 0.486. The summed E-state index contributed by atoms with van der Waals surface area (Å²) < 4.78 is 50.3. The van der Waals surface area contributed by atoms with E-state index in [1.54, 1.807) is 24.2 Å². The van der Waals surface area contributed by atoms with Crippen molar-refractivity contribution in [2.24, 2.45) is 7.05 Å². The summed E-state index contributed by atoms with van der Waals surface area (Å²) in [5.74, 6) is 0.676. The Balaban J connectivity index is 1.59. The van der Waals surface area contributed by atoms with Crippen LogP contribution in [0.1, 0.15) is 5.69 Å². The largest absolute Gasteiger partial charge is 0.495 e. The van der Waals surface area contributed by atoms with E-state index in [1.165, 1.54) is 28.9 Å². The number of methoxy groups -OCH3 is 1. The van der Waals surface area contributed by atoms with Crippen molar-refractivity contribution in [1.29, 1.82) is 0 Å². The minimum atomic E-state index is -4.52. The SMILES string of the molecule is COc1ccc2cnn(C)c2c1SNc1cnn(-c2ccnc(C(F)(F)F)c2)c1. The van der Waals surface area contributed by atoms with E-state index in [9.17, 15) is 13.2 Å². The molecule has 29 heavy (non-hydrogen) atoms. The maximum absolute atomic E-state index is 12.9. The normalized spacial score (nSPS) is 11.8. The van der Waals surface area contributed by atoms with Crippen LogP contribution in [0.2, 0.25) is 0 Å². The van der Waals surface area contributed by atoms with Crippen molar-refractivity contribution in [3.8, 4) is 11.4 Å². The molecule has 150 valence electrons. The standard InChI is InChI=1S/C18H15F3N6OS/c1-26-16-11(8-23-26)3-4-14(28-2)17(16)29-25-12-9-24-27(10-12)13-5-6-22-15(7-13)18(19,20)21/h3-10,25H,1-2H3. The van der Waals surface area contributed by atoms with Gasteiger partial charge in [-0.25, -0.2) is 4.68 Å². The lowest BCUT2D eigenvalue weighted by atomic mass is 10.2. The summed E-state index contributed by atoms with van der Waals surface area (Å²) in [5.41, 5.74) is 0.804. The molecular formula is C18H15F3N6OS. The van der Waals surface area contributed by atoms with Gasteiger partial charge in [-0.3, -0.25) is 9.67 Å². The topological polar surface area (TPSA) is 69.8 Å². The number of hydrogen-bond donors (Lipinski definition) is 1. The number of ether oxygens (including phenoxy) is 1. The smallest absolute Gasteiger partial charge is 0.433 e. The predicted molar refractivity (Wildman–Crippen MR) is 103 cm³/mol. The summed E-state index contributed by atoms with van der Waals surface area (Å²) in [6, 6.07) is 6.18. The van der Waals surface area contributed by atoms with Gasteiger partial charge in [-0.2, -0.15) is 23.4 Å². The molecule has 11 heteroatoms. The third-order valence-electron chi connectivity index (χ3n) is 4.19. The molecule has 4 rings (SSSR count). The molecule has 0 aliphatic rings. The first-order valence-corrected chi connectivity index (χ1v) is 9.18. The van der Waals surface area contributed by atoms with Gasteiger partial charge in [0.1, 0.15) is 11.4 Å². The first-order chi connectivity index (χ1) is 13.9. The van der Waals surface area contributed by atoms with Gasteiger partial charge in [-0.1, -0.05) is 0 Å². The van der Waals surface area contributed by atoms with Crippen LogP contribution in [-0.4, -0.2) is 31.7 Å². The zero-order chi connectivity index (χ0) is 20.6. The van der Waals surface area contributed by atoms with Crippen molar-refractivity contribution in [3.63, 3.8) is 0 Å². The molecule has 0 amide bonds. The highest BCUT2D eigenvalue weighted by Crippen LogP contribution is 2.36. The predicted octanol–water partition coefficient (Wildman–Crippen LogP) is 4.30. The van der Waals surface area contributed by atoms with Crippen LogP contribution in [0.3, 0.4) is 0 Å². The van der Waals surface area contributed by atoms with Gasteiger partial charge in [0.2, 0.25) is 0 Å². The van der Waals surface area contributed by atoms with Gasteiger partial charge in [0.05, 0.1) is 47.5 Å². The molecule has 0 fully saturated rings. The molecule has 0 bridgehead atoms. The van der Waals surface area contributed by atoms with Gasteiger partial charge < -0.3 is 9.46 Å². The number of fused-ring (bicyclic) bond motifs is 1. The fraction of sp³-hybridized carbons (Fsp3) is 0.167. The van der Waals surface area contributed by atoms with Crippen molar-refractivity contribution in [2.75, 3.05) is 11.8 Å². The molecular weight excluding hydrogens is 405 g/mol. The second kappa shape index (κ2) is 7.32. The Morgan fingerprint density at radius 3 is 2.72 bits per heavy atom. The average Bonchev–Trinajstić information content (AvgIpc) is 3.33. The van der Waals surface area contributed by atoms with Crippen molar-refractivity contribution < 1.29 is 17.9 Å². The molecule has 0 spiro atoms. The van der Waals surface area contributed by atoms with Crippen LogP contribution in [-0.2, 0) is 13.2 Å². The second-order valence-corrected chi connectivity index (χ2v) is 6.89. The summed E-state index contributed by atoms with van der Waals surface area (Å²) in [7, 11) is 3.42. The number of benzene rings is 1. The summed E-state index contributed by atoms with van der Waals surface area (Å²) in [6.07, 6.45) is 1.47. The molecule has 0 radical (unpaired) electrons. The van der Waals surface area contributed by atoms with Crippen molar-refractivity contribution in [3.05, 3.63) is 54.7 Å². The molecule has 0 atom stereocenters. The maximum Gasteiger partial charge on any atom is 0.433 e. The Kier molecular flexibility index (Phi) is 4.82. The Morgan fingerprint density at radius 1 is 1.14 bits per heavy atom. The first kappa shape index (κ1) is 19.1. The Morgan fingerprint density at radius 2 is 1.97 bits per heavy atom. The molecule has 0 saturated carbocycles. The molecule has 0 saturated heterocycles. The zero-order valence-electron chi connectivity index (χ0n) is 15.3. The maximum atomic E-state index is 12.9. The van der Waals surface area contributed by atoms with E-state index in [2.05, 4.69) is 19.9 Å². The number of rotatable bonds is 5. The lowest BCUT2D eigenvalue weighted by Gasteiger charge is -2.11. The van der Waals surface area contributed by atoms with Crippen LogP contribution in [0.25, 0.3) is 16.6 Å². The average molecular weight is 420 g/mol. The van der Waals surface area contributed by atoms with Gasteiger partial charge in [0.25, 0.3) is 0 Å². The van der Waals surface area contributed by atoms with Gasteiger partial charge in [-0.15, -0.1) is 0 Å². The van der Waals surface area contributed by atoms with Crippen LogP contribution in [0, 0.1) is 0 Å². The van der Waals surface area contributed by atoms with E-state index in [4.69, 9.17) is 4.74 Å². The highest BCUT2D eigenvalue weighted by Gasteiger charge is 2.32. The number of alkyl halides is 3. The summed E-state index contributed by atoms with van der Waals surface area (Å²) in [5, 5.41) is 9.36. The molecule has 0 aliphatic carbocycles. The minimum Gasteiger partial charge on any atom is -0.495 e. The van der Waals surface area contributed by atoms with Crippen LogP contribution in [0.4, 0.5) is 18.9 Å². The lowest BCUT2D eigenvalue weighted by Crippen LogP contribution is -2.08. The number of aryl methyl sites for hydroxylation is 1. The van der Waals surface area contributed by atoms with E-state index in [-0.39, 0.29) is 5.69 Å². The molecule has 1 aromatic carbocycles. The summed E-state index contributed by atoms with van der Waals surface area (Å²) in [4.78, 5) is 4.20. The summed E-state index contributed by atoms with van der Waals surface area (Å²) in [6.45, 7) is 0. The number of aromatic nitrogens is 5. The number of pyridine rings is 1. The van der Waals surface area contributed by atoms with E-state index in [0.717, 1.165) is 28.1 Å². The summed E-state index contributed by atoms with van der Waals surface area (Å²) >= 11 is 1.31. The number of halogens is 3. The van der Waals surface area contributed by atoms with Crippen LogP contribution < -0.4 is 9.46 Å². The number of anilines is 1. The highest BCUT2D eigenvalue weighted by atomic mass is 32.2. The van der Waals surface area contributed by atoms with Crippen LogP contribution in [0.5, 0.6) is 5.75 Å². The number of nitrogens with one attached hydrogen (secondary N) is 1. The fourth-order valence-corrected chi connectivity index (χ4v) is 3.74. The zero-order valence-corrected chi connectivity index (χ0v) is 16.1. The van der Waals surface area contributed by atoms with E-state index in [1.807, 2.05) is 19.2 Å². The molecule has 0 unspecified atom stereocenters. The Hall–Kier alpha value is -3.21. The van der Waals surface area contributed by atoms with Crippen LogP contribution in [0.15, 0.2) is 53.9 Å². The second-order valence-electron chi connectivity index (χ2n) is 6.08. The highest BCUT2D eigenvalue weighted by molar-refractivity contribution is 8.00. The van der Waals surface area contributed by atoms with E-state index < -0.39 is 11.9 Å². The minimum absolute atomic E-state index is 0.261. The molecule has 4 aromatic rings. The third-order valence-corrected chi connectivity index (χ3v) is 5.13. The van der Waals surface area contributed by atoms with Gasteiger partial charge >= 0.3 is 6.18 Å². The van der Waals surface area contributed by atoms with Crippen LogP contribution >= 0.6 is 11.9 Å². The molecule has 1 N–H and O–H groups in total. The van der Waals surface area contributed by atoms with Crippen molar-refractivity contribution in [1.82, 2.24) is 24.5 Å². The third kappa shape index (κ3) is 3.73. The van der Waals surface area contributed by atoms with Crippen molar-refractivity contribution >= 4 is 28.5 Å². The van der Waals surface area contributed by atoms with Gasteiger partial charge in [0, 0.05) is 18.6 Å². The monoisotopic (exact) mass is 420 g/mol. The van der Waals surface area contributed by atoms with Gasteiger partial charge in [-0.05, 0) is 36.2 Å². The first-order valence-electron chi connectivity index (χ1n) is 8.36. The van der Waals surface area contributed by atoms with E-state index >= 15 is 0 Å². The molecule has 7 nitrogen and oxygen atoms in total. The number of nitrogens with zero attached hydrogens (tertiary/aromatic N) is 5. The lowest BCUT2D eigenvalue weighted by molar-refractivity contribution is -0.141. The molecule has 3 aromatic heterocycles. The van der Waals surface area contributed by atoms with E-state index in [0.29, 0.717) is 11.4 Å². The van der Waals surface area contributed by atoms with Crippen molar-refractivity contribution in [2.45, 2.75) is 11.1 Å². The van der Waals surface area contributed by atoms with Gasteiger partial charge in [0.15, 0.2) is 0 Å². The fourth-order valence-electron chi connectivity index (χ4n) is 2.82. The molecule has 3 heterocycles. The Bertz CT molecular complexity index is 1170. The molecule has 0 aliphatic heterocycles. The Labute approximate surface area is 167 Å². The number of hydrogen-bond acceptors (Lipinski definition) is 6.